The van der Waals surface area contributed by atoms with Crippen molar-refractivity contribution in [3.05, 3.63) is 80.7 Å². The molecule has 0 radical (unpaired) electrons. The second kappa shape index (κ2) is 10.2. The molecule has 3 rings (SSSR count). The van der Waals surface area contributed by atoms with E-state index in [1.807, 2.05) is 6.07 Å². The number of halogens is 2. The fourth-order valence-corrected chi connectivity index (χ4v) is 4.25. The molecule has 0 bridgehead atoms. The van der Waals surface area contributed by atoms with Crippen molar-refractivity contribution < 1.29 is 29.1 Å². The number of methoxy groups -OCH3 is 2. The molecule has 1 unspecified atom stereocenters. The Kier molecular flexibility index (Phi) is 7.54. The highest BCUT2D eigenvalue weighted by Crippen LogP contribution is 2.44. The minimum Gasteiger partial charge on any atom is -0.466 e. The Morgan fingerprint density at radius 1 is 1.09 bits per heavy atom. The van der Waals surface area contributed by atoms with Gasteiger partial charge in [0.1, 0.15) is 11.5 Å². The van der Waals surface area contributed by atoms with Crippen molar-refractivity contribution in [3.8, 4) is 6.07 Å². The lowest BCUT2D eigenvalue weighted by molar-refractivity contribution is -0.139. The van der Waals surface area contributed by atoms with Crippen LogP contribution >= 0.6 is 23.2 Å². The fourth-order valence-electron chi connectivity index (χ4n) is 3.69. The van der Waals surface area contributed by atoms with E-state index in [4.69, 9.17) is 38.4 Å². The predicted octanol–water partition coefficient (Wildman–Crippen LogP) is 1.57. The van der Waals surface area contributed by atoms with Crippen molar-refractivity contribution in [3.63, 3.8) is 0 Å². The Morgan fingerprint density at radius 3 is 2.24 bits per heavy atom. The number of rotatable bonds is 5. The number of benzene rings is 2. The number of nitrogens with two attached hydrogens (primary N) is 1. The molecule has 0 aromatic heterocycles. The SMILES string of the molecule is COC(=O)C1=C(C(=O)OC)N(c2cc(B(O)O)c(Cl)cc2Cl)C(N)=C(C#N)C1c1ccccc1. The molecule has 1 heterocycles. The molecular weight excluding hydrogens is 484 g/mol. The second-order valence-electron chi connectivity index (χ2n) is 7.03. The summed E-state index contributed by atoms with van der Waals surface area (Å²) in [6.07, 6.45) is 0. The van der Waals surface area contributed by atoms with Crippen molar-refractivity contribution in [1.82, 2.24) is 0 Å². The zero-order chi connectivity index (χ0) is 25.2. The van der Waals surface area contributed by atoms with Gasteiger partial charge in [0.2, 0.25) is 0 Å². The van der Waals surface area contributed by atoms with Crippen molar-refractivity contribution in [2.75, 3.05) is 19.1 Å². The number of allylic oxidation sites excluding steroid dienone is 1. The molecule has 4 N–H and O–H groups in total. The minimum absolute atomic E-state index is 0.0484. The molecule has 0 amide bonds. The minimum atomic E-state index is -1.99. The highest BCUT2D eigenvalue weighted by atomic mass is 35.5. The summed E-state index contributed by atoms with van der Waals surface area (Å²) in [5, 5.41) is 29.3. The summed E-state index contributed by atoms with van der Waals surface area (Å²) < 4.78 is 9.89. The third-order valence-electron chi connectivity index (χ3n) is 5.20. The number of carbonyl (C=O) groups is 2. The molecule has 1 aliphatic heterocycles. The lowest BCUT2D eigenvalue weighted by Crippen LogP contribution is -2.41. The van der Waals surface area contributed by atoms with Gasteiger partial charge in [-0.1, -0.05) is 53.5 Å². The summed E-state index contributed by atoms with van der Waals surface area (Å²) in [7, 11) is 0.239. The molecule has 0 saturated carbocycles. The maximum absolute atomic E-state index is 13.0. The Labute approximate surface area is 205 Å². The lowest BCUT2D eigenvalue weighted by Gasteiger charge is -2.36. The van der Waals surface area contributed by atoms with Crippen LogP contribution in [0.3, 0.4) is 0 Å². The number of hydrogen-bond acceptors (Lipinski definition) is 9. The van der Waals surface area contributed by atoms with Gasteiger partial charge in [-0.05, 0) is 17.7 Å². The largest absolute Gasteiger partial charge is 0.490 e. The summed E-state index contributed by atoms with van der Waals surface area (Å²) in [5.41, 5.74) is 6.03. The van der Waals surface area contributed by atoms with E-state index in [0.29, 0.717) is 5.56 Å². The van der Waals surface area contributed by atoms with Crippen molar-refractivity contribution in [2.24, 2.45) is 5.73 Å². The first-order valence-electron chi connectivity index (χ1n) is 9.68. The van der Waals surface area contributed by atoms with Gasteiger partial charge in [-0.2, -0.15) is 5.26 Å². The van der Waals surface area contributed by atoms with Gasteiger partial charge in [0.25, 0.3) is 0 Å². The van der Waals surface area contributed by atoms with Crippen LogP contribution < -0.4 is 16.1 Å². The summed E-state index contributed by atoms with van der Waals surface area (Å²) in [6.45, 7) is 0. The second-order valence-corrected chi connectivity index (χ2v) is 7.85. The third-order valence-corrected chi connectivity index (χ3v) is 5.83. The van der Waals surface area contributed by atoms with Crippen molar-refractivity contribution in [2.45, 2.75) is 5.92 Å². The van der Waals surface area contributed by atoms with Crippen LogP contribution in [0.5, 0.6) is 0 Å². The van der Waals surface area contributed by atoms with Gasteiger partial charge in [-0.25, -0.2) is 9.59 Å². The maximum Gasteiger partial charge on any atom is 0.490 e. The van der Waals surface area contributed by atoms with Crippen molar-refractivity contribution in [1.29, 1.82) is 5.26 Å². The van der Waals surface area contributed by atoms with Crippen LogP contribution in [0.25, 0.3) is 0 Å². The molecule has 2 aromatic rings. The fraction of sp³-hybridized carbons (Fsp3) is 0.136. The number of anilines is 1. The number of nitrogens with zero attached hydrogens (tertiary/aromatic N) is 2. The number of ether oxygens (including phenoxy) is 2. The van der Waals surface area contributed by atoms with E-state index in [1.165, 1.54) is 12.1 Å². The van der Waals surface area contributed by atoms with Gasteiger partial charge in [0.05, 0.1) is 48.1 Å². The summed E-state index contributed by atoms with van der Waals surface area (Å²) in [6, 6.07) is 12.9. The maximum atomic E-state index is 13.0. The van der Waals surface area contributed by atoms with E-state index in [1.54, 1.807) is 30.3 Å². The van der Waals surface area contributed by atoms with E-state index in [2.05, 4.69) is 0 Å². The van der Waals surface area contributed by atoms with Crippen molar-refractivity contribution >= 4 is 53.4 Å². The Bertz CT molecular complexity index is 1260. The van der Waals surface area contributed by atoms with Gasteiger partial charge in [-0.15, -0.1) is 0 Å². The van der Waals surface area contributed by atoms with Crippen LogP contribution in [0.15, 0.2) is 65.1 Å². The van der Waals surface area contributed by atoms with Crippen LogP contribution in [0.2, 0.25) is 10.0 Å². The van der Waals surface area contributed by atoms with Gasteiger partial charge in [-0.3, -0.25) is 4.90 Å². The summed E-state index contributed by atoms with van der Waals surface area (Å²) in [4.78, 5) is 27.1. The molecule has 0 fully saturated rings. The molecule has 0 saturated heterocycles. The standard InChI is InChI=1S/C22H18BCl2N3O6/c1-33-21(29)18-17(11-6-4-3-5-7-11)12(10-26)20(27)28(19(18)22(30)34-2)16-8-13(23(31)32)14(24)9-15(16)25/h3-9,17,31-32H,27H2,1-2H3. The number of nitriles is 1. The van der Waals surface area contributed by atoms with E-state index >= 15 is 0 Å². The first-order valence-corrected chi connectivity index (χ1v) is 10.4. The topological polar surface area (TPSA) is 146 Å². The van der Waals surface area contributed by atoms with Gasteiger partial charge < -0.3 is 25.3 Å². The van der Waals surface area contributed by atoms with Crippen LogP contribution in [-0.4, -0.2) is 43.3 Å². The Hall–Kier alpha value is -3.49. The van der Waals surface area contributed by atoms with Crippen LogP contribution in [0.4, 0.5) is 5.69 Å². The van der Waals surface area contributed by atoms with E-state index < -0.39 is 25.0 Å². The first-order chi connectivity index (χ1) is 16.2. The van der Waals surface area contributed by atoms with Crippen LogP contribution in [0, 0.1) is 11.3 Å². The lowest BCUT2D eigenvalue weighted by atomic mass is 9.79. The van der Waals surface area contributed by atoms with Crippen LogP contribution in [-0.2, 0) is 19.1 Å². The van der Waals surface area contributed by atoms with E-state index in [-0.39, 0.29) is 43.9 Å². The molecular formula is C22H18BCl2N3O6. The molecule has 9 nitrogen and oxygen atoms in total. The molecule has 0 aliphatic carbocycles. The molecule has 2 aromatic carbocycles. The Balaban J connectivity index is 2.47. The third kappa shape index (κ3) is 4.34. The zero-order valence-electron chi connectivity index (χ0n) is 18.0. The molecule has 1 aliphatic rings. The first kappa shape index (κ1) is 25.1. The zero-order valence-corrected chi connectivity index (χ0v) is 19.5. The van der Waals surface area contributed by atoms with Gasteiger partial charge in [0.15, 0.2) is 0 Å². The molecule has 34 heavy (non-hydrogen) atoms. The molecule has 174 valence electrons. The van der Waals surface area contributed by atoms with Gasteiger partial charge in [0, 0.05) is 10.5 Å². The van der Waals surface area contributed by atoms with E-state index in [0.717, 1.165) is 19.1 Å². The monoisotopic (exact) mass is 501 g/mol. The number of carbonyl (C=O) groups excluding carboxylic acids is 2. The van der Waals surface area contributed by atoms with Gasteiger partial charge >= 0.3 is 19.1 Å². The normalized spacial score (nSPS) is 15.7. The molecule has 12 heteroatoms. The quantitative estimate of drug-likeness (QED) is 0.410. The highest BCUT2D eigenvalue weighted by molar-refractivity contribution is 6.63. The summed E-state index contributed by atoms with van der Waals surface area (Å²) in [5.74, 6) is -3.17. The predicted molar refractivity (Wildman–Crippen MR) is 126 cm³/mol. The Morgan fingerprint density at radius 2 is 1.71 bits per heavy atom. The molecule has 0 spiro atoms. The highest BCUT2D eigenvalue weighted by Gasteiger charge is 2.43. The average molecular weight is 502 g/mol. The van der Waals surface area contributed by atoms with E-state index in [9.17, 15) is 24.9 Å². The average Bonchev–Trinajstić information content (AvgIpc) is 2.83. The van der Waals surface area contributed by atoms with Crippen LogP contribution in [0.1, 0.15) is 11.5 Å². The summed E-state index contributed by atoms with van der Waals surface area (Å²) >= 11 is 12.4. The smallest absolute Gasteiger partial charge is 0.466 e. The molecule has 1 atom stereocenters. The number of hydrogen-bond donors (Lipinski definition) is 3. The number of esters is 2.